The summed E-state index contributed by atoms with van der Waals surface area (Å²) in [5.41, 5.74) is 4.48. The number of aromatic nitrogens is 3. The molecule has 3 amide bonds. The van der Waals surface area contributed by atoms with Crippen LogP contribution in [0.5, 0.6) is 5.75 Å². The van der Waals surface area contributed by atoms with Gasteiger partial charge in [0.05, 0.1) is 18.1 Å². The number of piperazine rings is 1. The van der Waals surface area contributed by atoms with Gasteiger partial charge in [0, 0.05) is 37.6 Å². The molecule has 0 aliphatic carbocycles. The first-order chi connectivity index (χ1) is 21.4. The molecule has 3 N–H and O–H groups in total. The molecule has 4 heterocycles. The highest BCUT2D eigenvalue weighted by Crippen LogP contribution is 2.30. The first-order valence-electron chi connectivity index (χ1n) is 14.0. The molecule has 4 aromatic rings. The Labute approximate surface area is 258 Å². The van der Waals surface area contributed by atoms with Gasteiger partial charge in [-0.25, -0.2) is 14.8 Å². The maximum Gasteiger partial charge on any atom is 0.322 e. The van der Waals surface area contributed by atoms with Gasteiger partial charge in [0.2, 0.25) is 5.95 Å². The predicted octanol–water partition coefficient (Wildman–Crippen LogP) is 4.74. The molecule has 0 atom stereocenters. The molecule has 2 aromatic carbocycles. The zero-order valence-corrected chi connectivity index (χ0v) is 24.3. The molecule has 0 spiro atoms. The lowest BCUT2D eigenvalue weighted by Gasteiger charge is -2.34. The van der Waals surface area contributed by atoms with E-state index in [-0.39, 0.29) is 24.2 Å². The Morgan fingerprint density at radius 2 is 1.77 bits per heavy atom. The number of nitriles is 1. The third-order valence-corrected chi connectivity index (χ3v) is 7.61. The second-order valence-electron chi connectivity index (χ2n) is 10.3. The Kier molecular flexibility index (Phi) is 8.38. The number of carbonyl (C=O) groups is 2. The number of rotatable bonds is 4. The number of carbonyl (C=O) groups excluding carboxylic acids is 2. The predicted molar refractivity (Wildman–Crippen MR) is 166 cm³/mol. The lowest BCUT2D eigenvalue weighted by atomic mass is 10.0. The number of benzene rings is 2. The summed E-state index contributed by atoms with van der Waals surface area (Å²) in [7, 11) is 0. The summed E-state index contributed by atoms with van der Waals surface area (Å²) >= 11 is 6.38. The van der Waals surface area contributed by atoms with E-state index in [2.05, 4.69) is 43.0 Å². The van der Waals surface area contributed by atoms with Gasteiger partial charge in [0.25, 0.3) is 5.91 Å². The molecular formula is C31H28ClN9O3. The largest absolute Gasteiger partial charge is 0.483 e. The summed E-state index contributed by atoms with van der Waals surface area (Å²) in [5, 5.41) is 18.5. The molecule has 6 bridgehead atoms. The van der Waals surface area contributed by atoms with Crippen molar-refractivity contribution in [1.82, 2.24) is 24.8 Å². The molecule has 0 unspecified atom stereocenters. The molecule has 2 aromatic heterocycles. The summed E-state index contributed by atoms with van der Waals surface area (Å²) in [6.07, 6.45) is 4.43. The first-order valence-corrected chi connectivity index (χ1v) is 14.4. The second-order valence-corrected chi connectivity index (χ2v) is 10.7. The van der Waals surface area contributed by atoms with Crippen LogP contribution in [0, 0.1) is 11.3 Å². The smallest absolute Gasteiger partial charge is 0.322 e. The van der Waals surface area contributed by atoms with Crippen molar-refractivity contribution in [2.45, 2.75) is 12.8 Å². The standard InChI is InChI=1S/C31H28ClN9O3/c32-26-18-35-30-37-22-3-1-2-20(14-22)4-5-21-15-23(36-29(26)39-30)8-9-27(21)44-19-28(42)40-10-12-41(13-11-40)31(43)38-25-7-6-24(16-33)34-17-25/h1-3,6-9,14-15,17-18H,4-5,10-13,19H2,(H,38,43)(H2,35,36,37,39). The Bertz CT molecular complexity index is 1730. The Morgan fingerprint density at radius 1 is 0.955 bits per heavy atom. The topological polar surface area (TPSA) is 148 Å². The quantitative estimate of drug-likeness (QED) is 0.298. The van der Waals surface area contributed by atoms with Gasteiger partial charge in [-0.1, -0.05) is 23.7 Å². The molecule has 0 saturated carbocycles. The van der Waals surface area contributed by atoms with Gasteiger partial charge >= 0.3 is 6.03 Å². The van der Waals surface area contributed by atoms with Gasteiger partial charge in [0.1, 0.15) is 22.5 Å². The van der Waals surface area contributed by atoms with Crippen LogP contribution in [0.25, 0.3) is 0 Å². The van der Waals surface area contributed by atoms with Gasteiger partial charge in [-0.3, -0.25) is 4.79 Å². The average molecular weight is 610 g/mol. The van der Waals surface area contributed by atoms with E-state index in [4.69, 9.17) is 21.6 Å². The fraction of sp³-hybridized carbons (Fsp3) is 0.226. The van der Waals surface area contributed by atoms with E-state index in [1.54, 1.807) is 22.1 Å². The van der Waals surface area contributed by atoms with Crippen LogP contribution in [0.1, 0.15) is 16.8 Å². The highest BCUT2D eigenvalue weighted by atomic mass is 35.5. The first kappa shape index (κ1) is 28.7. The molecule has 44 heavy (non-hydrogen) atoms. The number of nitrogens with zero attached hydrogens (tertiary/aromatic N) is 6. The molecule has 1 saturated heterocycles. The second kappa shape index (κ2) is 12.8. The number of hydrogen-bond acceptors (Lipinski definition) is 9. The van der Waals surface area contributed by atoms with Crippen molar-refractivity contribution in [2.24, 2.45) is 0 Å². The average Bonchev–Trinajstić information content (AvgIpc) is 3.05. The molecule has 2 aliphatic heterocycles. The van der Waals surface area contributed by atoms with Crippen molar-refractivity contribution in [2.75, 3.05) is 48.7 Å². The zero-order valence-electron chi connectivity index (χ0n) is 23.6. The third kappa shape index (κ3) is 6.79. The van der Waals surface area contributed by atoms with Crippen molar-refractivity contribution < 1.29 is 14.3 Å². The number of anilines is 5. The fourth-order valence-electron chi connectivity index (χ4n) is 4.98. The Balaban J connectivity index is 1.09. The van der Waals surface area contributed by atoms with E-state index < -0.39 is 0 Å². The minimum Gasteiger partial charge on any atom is -0.483 e. The van der Waals surface area contributed by atoms with Crippen LogP contribution < -0.4 is 20.7 Å². The number of pyridine rings is 1. The lowest BCUT2D eigenvalue weighted by molar-refractivity contribution is -0.134. The molecule has 2 aliphatic rings. The van der Waals surface area contributed by atoms with Gasteiger partial charge < -0.3 is 30.5 Å². The van der Waals surface area contributed by atoms with E-state index in [1.807, 2.05) is 36.4 Å². The number of halogens is 1. The van der Waals surface area contributed by atoms with E-state index >= 15 is 0 Å². The van der Waals surface area contributed by atoms with E-state index in [9.17, 15) is 9.59 Å². The maximum absolute atomic E-state index is 13.1. The Hall–Kier alpha value is -5.41. The van der Waals surface area contributed by atoms with Crippen LogP contribution in [0.15, 0.2) is 67.0 Å². The minimum absolute atomic E-state index is 0.122. The van der Waals surface area contributed by atoms with Crippen molar-refractivity contribution in [3.63, 3.8) is 0 Å². The number of nitrogens with one attached hydrogen (secondary N) is 3. The number of ether oxygens (including phenoxy) is 1. The summed E-state index contributed by atoms with van der Waals surface area (Å²) in [6, 6.07) is 18.6. The summed E-state index contributed by atoms with van der Waals surface area (Å²) in [5.74, 6) is 1.36. The van der Waals surface area contributed by atoms with Crippen LogP contribution in [-0.4, -0.2) is 69.5 Å². The van der Waals surface area contributed by atoms with E-state index in [0.717, 1.165) is 28.9 Å². The fourth-order valence-corrected chi connectivity index (χ4v) is 5.12. The summed E-state index contributed by atoms with van der Waals surface area (Å²) in [6.45, 7) is 1.43. The van der Waals surface area contributed by atoms with Gasteiger partial charge in [0.15, 0.2) is 12.4 Å². The van der Waals surface area contributed by atoms with Crippen molar-refractivity contribution in [1.29, 1.82) is 5.26 Å². The summed E-state index contributed by atoms with van der Waals surface area (Å²) < 4.78 is 6.07. The minimum atomic E-state index is -0.283. The van der Waals surface area contributed by atoms with E-state index in [0.29, 0.717) is 60.8 Å². The van der Waals surface area contributed by atoms with E-state index in [1.165, 1.54) is 12.3 Å². The molecule has 0 radical (unpaired) electrons. The van der Waals surface area contributed by atoms with Crippen molar-refractivity contribution in [3.05, 3.63) is 88.8 Å². The SMILES string of the molecule is N#Cc1ccc(NC(=O)N2CCN(C(=O)COc3ccc4cc3CCc3cccc(c3)Nc3ncc(Cl)c(n3)N4)CC2)cn1. The third-order valence-electron chi connectivity index (χ3n) is 7.33. The van der Waals surface area contributed by atoms with Crippen LogP contribution >= 0.6 is 11.6 Å². The van der Waals surface area contributed by atoms with Gasteiger partial charge in [-0.2, -0.15) is 10.2 Å². The monoisotopic (exact) mass is 609 g/mol. The number of hydrogen-bond donors (Lipinski definition) is 3. The molecule has 12 nitrogen and oxygen atoms in total. The summed E-state index contributed by atoms with van der Waals surface area (Å²) in [4.78, 5) is 41.9. The van der Waals surface area contributed by atoms with Crippen molar-refractivity contribution in [3.8, 4) is 11.8 Å². The van der Waals surface area contributed by atoms with Crippen LogP contribution in [0.3, 0.4) is 0 Å². The molecule has 1 fully saturated rings. The van der Waals surface area contributed by atoms with Gasteiger partial charge in [-0.15, -0.1) is 0 Å². The number of urea groups is 1. The van der Waals surface area contributed by atoms with Crippen LogP contribution in [0.4, 0.5) is 33.6 Å². The lowest BCUT2D eigenvalue weighted by Crippen LogP contribution is -2.52. The number of fused-ring (bicyclic) bond motifs is 6. The highest BCUT2D eigenvalue weighted by Gasteiger charge is 2.25. The van der Waals surface area contributed by atoms with Gasteiger partial charge in [-0.05, 0) is 66.4 Å². The Morgan fingerprint density at radius 3 is 2.57 bits per heavy atom. The molecule has 13 heteroatoms. The molecule has 6 rings (SSSR count). The van der Waals surface area contributed by atoms with Crippen LogP contribution in [-0.2, 0) is 17.6 Å². The maximum atomic E-state index is 13.1. The molecular weight excluding hydrogens is 582 g/mol. The number of amides is 3. The zero-order chi connectivity index (χ0) is 30.5. The number of aryl methyl sites for hydroxylation is 2. The van der Waals surface area contributed by atoms with Crippen LogP contribution in [0.2, 0.25) is 5.02 Å². The highest BCUT2D eigenvalue weighted by molar-refractivity contribution is 6.32. The molecule has 222 valence electrons. The van der Waals surface area contributed by atoms with Crippen molar-refractivity contribution >= 4 is 52.4 Å². The normalized spacial score (nSPS) is 14.0.